The van der Waals surface area contributed by atoms with Crippen molar-refractivity contribution < 1.29 is 9.21 Å². The molecular formula is C27H32N2O2S2. The topological polar surface area (TPSA) is 45.8 Å². The molecule has 0 spiro atoms. The number of hydrogen-bond acceptors (Lipinski definition) is 5. The Morgan fingerprint density at radius 1 is 0.970 bits per heavy atom. The van der Waals surface area contributed by atoms with Crippen LogP contribution in [-0.2, 0) is 4.79 Å². The number of furan rings is 1. The number of aryl methyl sites for hydroxylation is 1. The lowest BCUT2D eigenvalue weighted by Gasteiger charge is -2.31. The van der Waals surface area contributed by atoms with Crippen LogP contribution in [0.2, 0.25) is 0 Å². The number of aliphatic imine (C=N–C) groups is 1. The van der Waals surface area contributed by atoms with Gasteiger partial charge in [-0.25, -0.2) is 0 Å². The zero-order valence-electron chi connectivity index (χ0n) is 19.3. The second kappa shape index (κ2) is 10.6. The van der Waals surface area contributed by atoms with Gasteiger partial charge in [-0.1, -0.05) is 68.0 Å². The molecular weight excluding hydrogens is 448 g/mol. The van der Waals surface area contributed by atoms with Crippen LogP contribution in [0.15, 0.2) is 60.7 Å². The van der Waals surface area contributed by atoms with Gasteiger partial charge in [0.2, 0.25) is 0 Å². The van der Waals surface area contributed by atoms with Crippen LogP contribution in [-0.4, -0.2) is 28.1 Å². The molecule has 0 radical (unpaired) electrons. The molecule has 0 atom stereocenters. The maximum Gasteiger partial charge on any atom is 0.267 e. The molecule has 1 amide bonds. The summed E-state index contributed by atoms with van der Waals surface area (Å²) in [4.78, 5) is 22.5. The number of nitrogens with zero attached hydrogens (tertiary/aromatic N) is 2. The number of carbonyl (C=O) groups is 1. The SMILES string of the molecule is Cc1ccc(Sc2ccc(C=C3SC(=NC4CCCCC4)N(C4CCCCC4)C3=O)o2)cc1. The summed E-state index contributed by atoms with van der Waals surface area (Å²) in [6, 6.07) is 13.0. The Hall–Kier alpha value is -1.92. The van der Waals surface area contributed by atoms with E-state index in [0.29, 0.717) is 6.04 Å². The highest BCUT2D eigenvalue weighted by molar-refractivity contribution is 8.18. The van der Waals surface area contributed by atoms with Gasteiger partial charge in [-0.2, -0.15) is 0 Å². The van der Waals surface area contributed by atoms with Crippen LogP contribution in [0.3, 0.4) is 0 Å². The summed E-state index contributed by atoms with van der Waals surface area (Å²) < 4.78 is 6.06. The van der Waals surface area contributed by atoms with E-state index in [-0.39, 0.29) is 11.9 Å². The van der Waals surface area contributed by atoms with Crippen molar-refractivity contribution in [1.29, 1.82) is 0 Å². The molecule has 33 heavy (non-hydrogen) atoms. The van der Waals surface area contributed by atoms with Crippen LogP contribution in [0.1, 0.15) is 75.5 Å². The van der Waals surface area contributed by atoms with E-state index < -0.39 is 0 Å². The zero-order chi connectivity index (χ0) is 22.6. The summed E-state index contributed by atoms with van der Waals surface area (Å²) in [7, 11) is 0. The highest BCUT2D eigenvalue weighted by Crippen LogP contribution is 2.39. The molecule has 3 aliphatic rings. The molecule has 174 valence electrons. The van der Waals surface area contributed by atoms with E-state index in [9.17, 15) is 4.79 Å². The summed E-state index contributed by atoms with van der Waals surface area (Å²) >= 11 is 3.15. The van der Waals surface area contributed by atoms with E-state index in [4.69, 9.17) is 9.41 Å². The standard InChI is InChI=1S/C27H32N2O2S2/c1-19-12-15-23(16-13-19)32-25-17-14-22(31-25)18-24-26(30)29(21-10-6-3-7-11-21)27(33-24)28-20-8-4-2-5-9-20/h12-18,20-21H,2-11H2,1H3. The van der Waals surface area contributed by atoms with Crippen molar-refractivity contribution in [3.63, 3.8) is 0 Å². The average molecular weight is 481 g/mol. The summed E-state index contributed by atoms with van der Waals surface area (Å²) in [6.07, 6.45) is 13.9. The molecule has 0 unspecified atom stereocenters. The summed E-state index contributed by atoms with van der Waals surface area (Å²) in [5.41, 5.74) is 1.24. The van der Waals surface area contributed by atoms with E-state index >= 15 is 0 Å². The van der Waals surface area contributed by atoms with E-state index in [0.717, 1.165) is 51.5 Å². The number of thioether (sulfide) groups is 1. The third kappa shape index (κ3) is 5.60. The molecule has 4 nitrogen and oxygen atoms in total. The van der Waals surface area contributed by atoms with Crippen LogP contribution in [0.25, 0.3) is 6.08 Å². The maximum atomic E-state index is 13.5. The minimum atomic E-state index is 0.102. The molecule has 2 heterocycles. The summed E-state index contributed by atoms with van der Waals surface area (Å²) in [6.45, 7) is 2.09. The Morgan fingerprint density at radius 3 is 2.39 bits per heavy atom. The monoisotopic (exact) mass is 480 g/mol. The number of amides is 1. The first kappa shape index (κ1) is 22.9. The van der Waals surface area contributed by atoms with Gasteiger partial charge in [0.1, 0.15) is 5.76 Å². The fourth-order valence-electron chi connectivity index (χ4n) is 4.92. The van der Waals surface area contributed by atoms with Gasteiger partial charge in [-0.3, -0.25) is 14.7 Å². The number of rotatable bonds is 5. The third-order valence-electron chi connectivity index (χ3n) is 6.76. The van der Waals surface area contributed by atoms with E-state index in [1.165, 1.54) is 44.1 Å². The van der Waals surface area contributed by atoms with Crippen LogP contribution in [0.5, 0.6) is 0 Å². The van der Waals surface area contributed by atoms with Crippen LogP contribution < -0.4 is 0 Å². The minimum Gasteiger partial charge on any atom is -0.450 e. The predicted octanol–water partition coefficient (Wildman–Crippen LogP) is 7.68. The van der Waals surface area contributed by atoms with Crippen molar-refractivity contribution in [1.82, 2.24) is 4.90 Å². The average Bonchev–Trinajstić information content (AvgIpc) is 3.40. The van der Waals surface area contributed by atoms with Gasteiger partial charge in [0.15, 0.2) is 10.3 Å². The molecule has 1 aromatic carbocycles. The van der Waals surface area contributed by atoms with Gasteiger partial charge in [0.25, 0.3) is 5.91 Å². The number of amidine groups is 1. The second-order valence-corrected chi connectivity index (χ2v) is 11.4. The third-order valence-corrected chi connectivity index (χ3v) is 8.68. The van der Waals surface area contributed by atoms with Gasteiger partial charge in [0, 0.05) is 17.0 Å². The van der Waals surface area contributed by atoms with Gasteiger partial charge >= 0.3 is 0 Å². The van der Waals surface area contributed by atoms with E-state index in [2.05, 4.69) is 31.2 Å². The lowest BCUT2D eigenvalue weighted by atomic mass is 9.94. The van der Waals surface area contributed by atoms with Crippen molar-refractivity contribution in [2.45, 2.75) is 93.2 Å². The van der Waals surface area contributed by atoms with E-state index in [1.54, 1.807) is 23.5 Å². The molecule has 6 heteroatoms. The summed E-state index contributed by atoms with van der Waals surface area (Å²) in [5, 5.41) is 1.76. The Morgan fingerprint density at radius 2 is 1.67 bits per heavy atom. The highest BCUT2D eigenvalue weighted by atomic mass is 32.2. The number of hydrogen-bond donors (Lipinski definition) is 0. The van der Waals surface area contributed by atoms with Crippen molar-refractivity contribution in [3.05, 3.63) is 52.6 Å². The molecule has 0 N–H and O–H groups in total. The molecule has 1 aliphatic heterocycles. The molecule has 5 rings (SSSR count). The van der Waals surface area contributed by atoms with Crippen molar-refractivity contribution >= 4 is 40.7 Å². The Bertz CT molecular complexity index is 1030. The first-order valence-corrected chi connectivity index (χ1v) is 13.9. The predicted molar refractivity (Wildman–Crippen MR) is 138 cm³/mol. The Balaban J connectivity index is 1.36. The largest absolute Gasteiger partial charge is 0.450 e. The fourth-order valence-corrected chi connectivity index (χ4v) is 6.79. The Kier molecular flexibility index (Phi) is 7.31. The number of benzene rings is 1. The summed E-state index contributed by atoms with van der Waals surface area (Å²) in [5.74, 6) is 0.827. The molecule has 2 saturated carbocycles. The molecule has 1 aromatic heterocycles. The van der Waals surface area contributed by atoms with Crippen molar-refractivity contribution in [2.75, 3.05) is 0 Å². The lowest BCUT2D eigenvalue weighted by Crippen LogP contribution is -2.41. The van der Waals surface area contributed by atoms with Gasteiger partial charge in [-0.15, -0.1) is 0 Å². The molecule has 1 saturated heterocycles. The number of carbonyl (C=O) groups excluding carboxylic acids is 1. The van der Waals surface area contributed by atoms with Gasteiger partial charge in [0.05, 0.1) is 10.9 Å². The lowest BCUT2D eigenvalue weighted by molar-refractivity contribution is -0.124. The van der Waals surface area contributed by atoms with Crippen molar-refractivity contribution in [2.24, 2.45) is 4.99 Å². The highest BCUT2D eigenvalue weighted by Gasteiger charge is 2.39. The maximum absolute atomic E-state index is 13.5. The minimum absolute atomic E-state index is 0.102. The zero-order valence-corrected chi connectivity index (χ0v) is 20.9. The van der Waals surface area contributed by atoms with Gasteiger partial charge < -0.3 is 4.42 Å². The van der Waals surface area contributed by atoms with Crippen LogP contribution in [0.4, 0.5) is 0 Å². The molecule has 0 bridgehead atoms. The molecule has 2 aliphatic carbocycles. The molecule has 2 aromatic rings. The fraction of sp³-hybridized carbons (Fsp3) is 0.481. The van der Waals surface area contributed by atoms with E-state index in [1.807, 2.05) is 23.1 Å². The smallest absolute Gasteiger partial charge is 0.267 e. The quantitative estimate of drug-likeness (QED) is 0.412. The van der Waals surface area contributed by atoms with Crippen LogP contribution >= 0.6 is 23.5 Å². The van der Waals surface area contributed by atoms with Gasteiger partial charge in [-0.05, 0) is 68.6 Å². The normalized spacial score (nSPS) is 23.2. The Labute approximate surface area is 205 Å². The van der Waals surface area contributed by atoms with Crippen LogP contribution in [0, 0.1) is 6.92 Å². The first-order valence-electron chi connectivity index (χ1n) is 12.3. The second-order valence-electron chi connectivity index (χ2n) is 9.35. The van der Waals surface area contributed by atoms with Crippen molar-refractivity contribution in [3.8, 4) is 0 Å². The first-order chi connectivity index (χ1) is 16.2. The molecule has 3 fully saturated rings.